The first-order valence-electron chi connectivity index (χ1n) is 4.78. The molecule has 0 aliphatic heterocycles. The summed E-state index contributed by atoms with van der Waals surface area (Å²) in [6, 6.07) is 7.78. The molecule has 0 N–H and O–H groups in total. The summed E-state index contributed by atoms with van der Waals surface area (Å²) in [5.74, 6) is 0.735. The third-order valence-corrected chi connectivity index (χ3v) is 2.18. The van der Waals surface area contributed by atoms with Crippen LogP contribution in [0.25, 0.3) is 11.4 Å². The Morgan fingerprint density at radius 1 is 1.25 bits per heavy atom. The highest BCUT2D eigenvalue weighted by molar-refractivity contribution is 5.54. The van der Waals surface area contributed by atoms with Crippen LogP contribution in [0.5, 0.6) is 0 Å². The summed E-state index contributed by atoms with van der Waals surface area (Å²) < 4.78 is 1.63. The highest BCUT2D eigenvalue weighted by Crippen LogP contribution is 2.15. The molecule has 0 radical (unpaired) electrons. The average molecular weight is 220 g/mol. The Labute approximate surface area is 92.7 Å². The monoisotopic (exact) mass is 220 g/mol. The van der Waals surface area contributed by atoms with Crippen molar-refractivity contribution in [3.63, 3.8) is 0 Å². The first-order valence-corrected chi connectivity index (χ1v) is 4.78. The number of tetrazole rings is 1. The molecule has 0 unspecified atom stereocenters. The molecule has 0 atom stereocenters. The summed E-state index contributed by atoms with van der Waals surface area (Å²) in [7, 11) is 3.29. The van der Waals surface area contributed by atoms with Crippen LogP contribution in [0.15, 0.2) is 24.3 Å². The standard InChI is InChI=1S/C10H12N4O2/c1-14-10(11-12-13-14)9-5-3-8(4-6-9)7-16-15-2/h3-6H,7H2,1-2H3. The van der Waals surface area contributed by atoms with E-state index in [9.17, 15) is 0 Å². The maximum absolute atomic E-state index is 4.83. The number of hydrogen-bond acceptors (Lipinski definition) is 5. The van der Waals surface area contributed by atoms with Gasteiger partial charge in [-0.2, -0.15) is 0 Å². The van der Waals surface area contributed by atoms with Crippen LogP contribution in [0.4, 0.5) is 0 Å². The molecule has 6 heteroatoms. The minimum Gasteiger partial charge on any atom is -0.240 e. The van der Waals surface area contributed by atoms with E-state index < -0.39 is 0 Å². The van der Waals surface area contributed by atoms with Gasteiger partial charge in [0.2, 0.25) is 0 Å². The van der Waals surface area contributed by atoms with Gasteiger partial charge in [0, 0.05) is 12.6 Å². The molecule has 2 aromatic rings. The number of hydrogen-bond donors (Lipinski definition) is 0. The SMILES string of the molecule is COOCc1ccc(-c2nnnn2C)cc1. The van der Waals surface area contributed by atoms with E-state index in [-0.39, 0.29) is 0 Å². The quantitative estimate of drug-likeness (QED) is 0.567. The molecule has 0 amide bonds. The van der Waals surface area contributed by atoms with Gasteiger partial charge in [-0.1, -0.05) is 24.3 Å². The molecule has 6 nitrogen and oxygen atoms in total. The lowest BCUT2D eigenvalue weighted by Gasteiger charge is -2.02. The summed E-state index contributed by atoms with van der Waals surface area (Å²) in [5.41, 5.74) is 1.99. The van der Waals surface area contributed by atoms with Gasteiger partial charge in [-0.25, -0.2) is 14.5 Å². The second kappa shape index (κ2) is 4.82. The van der Waals surface area contributed by atoms with Crippen molar-refractivity contribution in [2.75, 3.05) is 7.11 Å². The Kier molecular flexibility index (Phi) is 3.23. The van der Waals surface area contributed by atoms with E-state index in [0.29, 0.717) is 6.61 Å². The van der Waals surface area contributed by atoms with Crippen LogP contribution >= 0.6 is 0 Å². The van der Waals surface area contributed by atoms with Crippen molar-refractivity contribution < 1.29 is 9.78 Å². The fraction of sp³-hybridized carbons (Fsp3) is 0.300. The van der Waals surface area contributed by atoms with Crippen molar-refractivity contribution in [3.8, 4) is 11.4 Å². The van der Waals surface area contributed by atoms with Crippen molar-refractivity contribution in [1.29, 1.82) is 0 Å². The molecule has 1 aromatic carbocycles. The smallest absolute Gasteiger partial charge is 0.181 e. The fourth-order valence-corrected chi connectivity index (χ4v) is 1.35. The number of aryl methyl sites for hydroxylation is 1. The van der Waals surface area contributed by atoms with Crippen molar-refractivity contribution in [2.24, 2.45) is 7.05 Å². The number of nitrogens with zero attached hydrogens (tertiary/aromatic N) is 4. The predicted octanol–water partition coefficient (Wildman–Crippen LogP) is 0.955. The van der Waals surface area contributed by atoms with Crippen LogP contribution in [0.3, 0.4) is 0 Å². The van der Waals surface area contributed by atoms with Crippen molar-refractivity contribution in [2.45, 2.75) is 6.61 Å². The maximum Gasteiger partial charge on any atom is 0.181 e. The van der Waals surface area contributed by atoms with E-state index in [1.165, 1.54) is 7.11 Å². The molecular formula is C10H12N4O2. The Bertz CT molecular complexity index is 452. The Balaban J connectivity index is 2.16. The molecule has 0 fully saturated rings. The molecular weight excluding hydrogens is 208 g/mol. The van der Waals surface area contributed by atoms with Crippen LogP contribution in [0.2, 0.25) is 0 Å². The van der Waals surface area contributed by atoms with Gasteiger partial charge in [-0.15, -0.1) is 5.10 Å². The van der Waals surface area contributed by atoms with E-state index in [4.69, 9.17) is 4.89 Å². The molecule has 1 heterocycles. The molecule has 0 aliphatic carbocycles. The second-order valence-corrected chi connectivity index (χ2v) is 3.25. The van der Waals surface area contributed by atoms with Gasteiger partial charge in [-0.05, 0) is 16.0 Å². The lowest BCUT2D eigenvalue weighted by Crippen LogP contribution is -1.95. The minimum absolute atomic E-state index is 0.424. The van der Waals surface area contributed by atoms with Crippen molar-refractivity contribution in [3.05, 3.63) is 29.8 Å². The van der Waals surface area contributed by atoms with Gasteiger partial charge in [0.15, 0.2) is 5.82 Å². The van der Waals surface area contributed by atoms with Gasteiger partial charge in [0.05, 0.1) is 7.11 Å². The normalized spacial score (nSPS) is 10.6. The van der Waals surface area contributed by atoms with E-state index >= 15 is 0 Å². The lowest BCUT2D eigenvalue weighted by molar-refractivity contribution is -0.282. The van der Waals surface area contributed by atoms with Gasteiger partial charge in [0.25, 0.3) is 0 Å². The second-order valence-electron chi connectivity index (χ2n) is 3.25. The maximum atomic E-state index is 4.83. The van der Waals surface area contributed by atoms with Crippen LogP contribution in [0.1, 0.15) is 5.56 Å². The number of rotatable bonds is 4. The first-order chi connectivity index (χ1) is 7.81. The average Bonchev–Trinajstić information content (AvgIpc) is 2.74. The van der Waals surface area contributed by atoms with Crippen molar-refractivity contribution in [1.82, 2.24) is 20.2 Å². The zero-order valence-corrected chi connectivity index (χ0v) is 9.12. The van der Waals surface area contributed by atoms with E-state index in [1.807, 2.05) is 24.3 Å². The largest absolute Gasteiger partial charge is 0.240 e. The van der Waals surface area contributed by atoms with Crippen molar-refractivity contribution >= 4 is 0 Å². The predicted molar refractivity (Wildman–Crippen MR) is 56.0 cm³/mol. The molecule has 1 aromatic heterocycles. The first kappa shape index (κ1) is 10.7. The minimum atomic E-state index is 0.424. The van der Waals surface area contributed by atoms with Gasteiger partial charge in [-0.3, -0.25) is 0 Å². The molecule has 0 saturated heterocycles. The number of benzene rings is 1. The molecule has 0 bridgehead atoms. The summed E-state index contributed by atoms with van der Waals surface area (Å²) >= 11 is 0. The highest BCUT2D eigenvalue weighted by Gasteiger charge is 2.05. The van der Waals surface area contributed by atoms with Crippen LogP contribution in [-0.2, 0) is 23.4 Å². The third-order valence-electron chi connectivity index (χ3n) is 2.18. The van der Waals surface area contributed by atoms with Gasteiger partial charge in [0.1, 0.15) is 6.61 Å². The molecule has 0 spiro atoms. The molecule has 0 saturated carbocycles. The van der Waals surface area contributed by atoms with Crippen LogP contribution in [-0.4, -0.2) is 27.3 Å². The lowest BCUT2D eigenvalue weighted by atomic mass is 10.1. The highest BCUT2D eigenvalue weighted by atomic mass is 17.2. The Morgan fingerprint density at radius 2 is 2.00 bits per heavy atom. The number of aromatic nitrogens is 4. The summed E-state index contributed by atoms with van der Waals surface area (Å²) in [4.78, 5) is 9.36. The molecule has 0 aliphatic rings. The van der Waals surface area contributed by atoms with Gasteiger partial charge < -0.3 is 0 Å². The molecule has 2 rings (SSSR count). The Morgan fingerprint density at radius 3 is 2.56 bits per heavy atom. The fourth-order valence-electron chi connectivity index (χ4n) is 1.35. The van der Waals surface area contributed by atoms with Gasteiger partial charge >= 0.3 is 0 Å². The van der Waals surface area contributed by atoms with Crippen LogP contribution in [0, 0.1) is 0 Å². The Hall–Kier alpha value is -1.79. The zero-order valence-electron chi connectivity index (χ0n) is 9.12. The van der Waals surface area contributed by atoms with E-state index in [1.54, 1.807) is 11.7 Å². The summed E-state index contributed by atoms with van der Waals surface area (Å²) in [6.45, 7) is 0.424. The topological polar surface area (TPSA) is 62.1 Å². The van der Waals surface area contributed by atoms with E-state index in [2.05, 4.69) is 20.4 Å². The molecule has 16 heavy (non-hydrogen) atoms. The zero-order chi connectivity index (χ0) is 11.4. The summed E-state index contributed by atoms with van der Waals surface area (Å²) in [5, 5.41) is 11.3. The van der Waals surface area contributed by atoms with Crippen LogP contribution < -0.4 is 0 Å². The third kappa shape index (κ3) is 2.23. The summed E-state index contributed by atoms with van der Waals surface area (Å²) in [6.07, 6.45) is 0. The molecule has 84 valence electrons. The van der Waals surface area contributed by atoms with E-state index in [0.717, 1.165) is 17.0 Å².